The summed E-state index contributed by atoms with van der Waals surface area (Å²) in [6.07, 6.45) is 3.43. The van der Waals surface area contributed by atoms with E-state index >= 15 is 0 Å². The number of aryl methyl sites for hydroxylation is 1. The molecule has 2 heterocycles. The summed E-state index contributed by atoms with van der Waals surface area (Å²) >= 11 is 0. The van der Waals surface area contributed by atoms with E-state index in [0.717, 1.165) is 23.3 Å². The lowest BCUT2D eigenvalue weighted by atomic mass is 10.2. The van der Waals surface area contributed by atoms with E-state index in [2.05, 4.69) is 10.1 Å². The Kier molecular flexibility index (Phi) is 2.94. The second-order valence-corrected chi connectivity index (χ2v) is 4.44. The highest BCUT2D eigenvalue weighted by Crippen LogP contribution is 2.22. The molecule has 0 saturated carbocycles. The highest BCUT2D eigenvalue weighted by molar-refractivity contribution is 5.82. The molecule has 0 aliphatic rings. The molecule has 7 nitrogen and oxygen atoms in total. The van der Waals surface area contributed by atoms with Crippen LogP contribution >= 0.6 is 0 Å². The first kappa shape index (κ1) is 12.3. The maximum Gasteiger partial charge on any atom is 0.271 e. The first-order valence-corrected chi connectivity index (χ1v) is 6.29. The third-order valence-corrected chi connectivity index (χ3v) is 3.28. The summed E-state index contributed by atoms with van der Waals surface area (Å²) in [4.78, 5) is 14.7. The Bertz CT molecular complexity index is 774. The van der Waals surface area contributed by atoms with Crippen molar-refractivity contribution in [1.29, 1.82) is 0 Å². The monoisotopic (exact) mass is 271 g/mol. The second-order valence-electron chi connectivity index (χ2n) is 4.44. The number of non-ortho nitro benzene ring substituents is 1. The number of benzene rings is 1. The van der Waals surface area contributed by atoms with Crippen molar-refractivity contribution in [3.63, 3.8) is 0 Å². The number of rotatable bonds is 4. The molecule has 7 heteroatoms. The zero-order chi connectivity index (χ0) is 14.1. The molecule has 0 atom stereocenters. The highest BCUT2D eigenvalue weighted by Gasteiger charge is 2.11. The third-order valence-electron chi connectivity index (χ3n) is 3.28. The van der Waals surface area contributed by atoms with Gasteiger partial charge >= 0.3 is 0 Å². The Morgan fingerprint density at radius 2 is 2.20 bits per heavy atom. The summed E-state index contributed by atoms with van der Waals surface area (Å²) in [7, 11) is 0. The summed E-state index contributed by atoms with van der Waals surface area (Å²) in [5.74, 6) is 0.830. The summed E-state index contributed by atoms with van der Waals surface area (Å²) in [5, 5.41) is 16.0. The molecular weight excluding hydrogens is 258 g/mol. The van der Waals surface area contributed by atoms with Crippen molar-refractivity contribution in [3.8, 4) is 0 Å². The Hall–Kier alpha value is -2.70. The molecule has 102 valence electrons. The molecule has 2 aromatic heterocycles. The summed E-state index contributed by atoms with van der Waals surface area (Å²) in [6.45, 7) is 3.28. The minimum Gasteiger partial charge on any atom is -0.340 e. The molecule has 0 unspecified atom stereocenters. The molecule has 0 aliphatic heterocycles. The van der Waals surface area contributed by atoms with Crippen molar-refractivity contribution in [3.05, 3.63) is 52.7 Å². The molecule has 0 aliphatic carbocycles. The Morgan fingerprint density at radius 1 is 1.35 bits per heavy atom. The summed E-state index contributed by atoms with van der Waals surface area (Å²) in [5.41, 5.74) is 0.916. The van der Waals surface area contributed by atoms with Gasteiger partial charge in [-0.05, 0) is 19.1 Å². The molecule has 0 bridgehead atoms. The maximum atomic E-state index is 10.9. The zero-order valence-corrected chi connectivity index (χ0v) is 10.9. The van der Waals surface area contributed by atoms with Crippen LogP contribution in [0.1, 0.15) is 12.7 Å². The van der Waals surface area contributed by atoms with Gasteiger partial charge in [-0.1, -0.05) is 0 Å². The van der Waals surface area contributed by atoms with Crippen LogP contribution in [0.4, 0.5) is 5.69 Å². The number of nitro groups is 1. The predicted molar refractivity (Wildman–Crippen MR) is 73.4 cm³/mol. The lowest BCUT2D eigenvalue weighted by Crippen LogP contribution is -2.08. The molecule has 0 fully saturated rings. The zero-order valence-electron chi connectivity index (χ0n) is 10.9. The molecule has 20 heavy (non-hydrogen) atoms. The quantitative estimate of drug-likeness (QED) is 0.538. The maximum absolute atomic E-state index is 10.9. The van der Waals surface area contributed by atoms with Gasteiger partial charge in [0.05, 0.1) is 17.0 Å². The average Bonchev–Trinajstić information content (AvgIpc) is 3.05. The number of aromatic nitrogens is 4. The molecule has 0 N–H and O–H groups in total. The van der Waals surface area contributed by atoms with Crippen LogP contribution in [-0.2, 0) is 13.1 Å². The van der Waals surface area contributed by atoms with Crippen LogP contribution in [0.15, 0.2) is 36.8 Å². The van der Waals surface area contributed by atoms with Crippen molar-refractivity contribution < 1.29 is 4.92 Å². The Labute approximate surface area is 114 Å². The van der Waals surface area contributed by atoms with Gasteiger partial charge in [-0.2, -0.15) is 5.10 Å². The van der Waals surface area contributed by atoms with Crippen molar-refractivity contribution in [2.24, 2.45) is 0 Å². The van der Waals surface area contributed by atoms with Gasteiger partial charge in [-0.3, -0.25) is 10.1 Å². The van der Waals surface area contributed by atoms with E-state index < -0.39 is 0 Å². The molecular formula is C13H13N5O2. The van der Waals surface area contributed by atoms with E-state index in [-0.39, 0.29) is 10.6 Å². The molecule has 3 aromatic rings. The Balaban J connectivity index is 2.03. The van der Waals surface area contributed by atoms with Crippen LogP contribution in [0.2, 0.25) is 0 Å². The fourth-order valence-electron chi connectivity index (χ4n) is 2.25. The van der Waals surface area contributed by atoms with Gasteiger partial charge in [0.1, 0.15) is 12.2 Å². The molecule has 0 radical (unpaired) electrons. The van der Waals surface area contributed by atoms with Crippen molar-refractivity contribution >= 4 is 16.6 Å². The first-order chi connectivity index (χ1) is 9.69. The van der Waals surface area contributed by atoms with E-state index in [1.54, 1.807) is 12.1 Å². The van der Waals surface area contributed by atoms with Crippen molar-refractivity contribution in [1.82, 2.24) is 19.3 Å². The van der Waals surface area contributed by atoms with Gasteiger partial charge in [0.2, 0.25) is 0 Å². The van der Waals surface area contributed by atoms with Crippen LogP contribution in [-0.4, -0.2) is 24.3 Å². The molecule has 0 saturated heterocycles. The average molecular weight is 271 g/mol. The van der Waals surface area contributed by atoms with E-state index in [1.165, 1.54) is 12.4 Å². The minimum absolute atomic E-state index is 0.0920. The van der Waals surface area contributed by atoms with Gasteiger partial charge in [0, 0.05) is 30.3 Å². The van der Waals surface area contributed by atoms with Gasteiger partial charge in [-0.15, -0.1) is 0 Å². The van der Waals surface area contributed by atoms with Crippen LogP contribution < -0.4 is 0 Å². The van der Waals surface area contributed by atoms with Gasteiger partial charge < -0.3 is 4.57 Å². The standard InChI is InChI=1S/C13H13N5O2/c1-2-17-13(14-9-15-17)8-16-6-5-10-3-4-11(18(19)20)7-12(10)16/h3-7,9H,2,8H2,1H3. The van der Waals surface area contributed by atoms with E-state index in [1.807, 2.05) is 28.4 Å². The Morgan fingerprint density at radius 3 is 2.95 bits per heavy atom. The first-order valence-electron chi connectivity index (χ1n) is 6.29. The lowest BCUT2D eigenvalue weighted by molar-refractivity contribution is -0.384. The predicted octanol–water partition coefficient (Wildman–Crippen LogP) is 2.21. The number of fused-ring (bicyclic) bond motifs is 1. The van der Waals surface area contributed by atoms with E-state index in [9.17, 15) is 10.1 Å². The molecule has 0 amide bonds. The topological polar surface area (TPSA) is 78.8 Å². The van der Waals surface area contributed by atoms with E-state index in [0.29, 0.717) is 6.54 Å². The van der Waals surface area contributed by atoms with Crippen LogP contribution in [0.5, 0.6) is 0 Å². The third kappa shape index (κ3) is 2.03. The SMILES string of the molecule is CCn1ncnc1Cn1ccc2ccc([N+](=O)[O-])cc21. The van der Waals surface area contributed by atoms with Crippen molar-refractivity contribution in [2.45, 2.75) is 20.0 Å². The fourth-order valence-corrected chi connectivity index (χ4v) is 2.25. The molecule has 0 spiro atoms. The number of nitro benzene ring substituents is 1. The minimum atomic E-state index is -0.384. The van der Waals surface area contributed by atoms with Crippen LogP contribution in [0.25, 0.3) is 10.9 Å². The van der Waals surface area contributed by atoms with Gasteiger partial charge in [0.25, 0.3) is 5.69 Å². The normalized spacial score (nSPS) is 11.1. The highest BCUT2D eigenvalue weighted by atomic mass is 16.6. The smallest absolute Gasteiger partial charge is 0.271 e. The molecule has 1 aromatic carbocycles. The number of hydrogen-bond acceptors (Lipinski definition) is 4. The van der Waals surface area contributed by atoms with Gasteiger partial charge in [0.15, 0.2) is 0 Å². The summed E-state index contributed by atoms with van der Waals surface area (Å²) in [6, 6.07) is 6.80. The van der Waals surface area contributed by atoms with Gasteiger partial charge in [-0.25, -0.2) is 9.67 Å². The largest absolute Gasteiger partial charge is 0.340 e. The lowest BCUT2D eigenvalue weighted by Gasteiger charge is -2.06. The summed E-state index contributed by atoms with van der Waals surface area (Å²) < 4.78 is 3.75. The second kappa shape index (κ2) is 4.76. The van der Waals surface area contributed by atoms with E-state index in [4.69, 9.17) is 0 Å². The van der Waals surface area contributed by atoms with Crippen LogP contribution in [0, 0.1) is 10.1 Å². The number of nitrogens with zero attached hydrogens (tertiary/aromatic N) is 5. The fraction of sp³-hybridized carbons (Fsp3) is 0.231. The van der Waals surface area contributed by atoms with Crippen molar-refractivity contribution in [2.75, 3.05) is 0 Å². The molecule has 3 rings (SSSR count). The van der Waals surface area contributed by atoms with Crippen LogP contribution in [0.3, 0.4) is 0 Å². The number of hydrogen-bond donors (Lipinski definition) is 0.